The molecule has 0 unspecified atom stereocenters. The fraction of sp³-hybridized carbons (Fsp3) is 0.875. The lowest BCUT2D eigenvalue weighted by atomic mass is 9.81. The predicted octanol–water partition coefficient (Wildman–Crippen LogP) is 4.10. The first kappa shape index (κ1) is 16.3. The van der Waals surface area contributed by atoms with E-state index in [0.29, 0.717) is 25.0 Å². The van der Waals surface area contributed by atoms with Gasteiger partial charge < -0.3 is 14.2 Å². The number of allylic oxidation sites excluding steroid dienone is 1. The first-order valence-electron chi connectivity index (χ1n) is 7.95. The third-order valence-electron chi connectivity index (χ3n) is 4.29. The highest BCUT2D eigenvalue weighted by molar-refractivity contribution is 6.25. The SMILES string of the molecule is CCCCOC1COC(C2CCC(C=CCl)CC2)OC1. The van der Waals surface area contributed by atoms with E-state index in [9.17, 15) is 0 Å². The fourth-order valence-electron chi connectivity index (χ4n) is 2.98. The number of hydrogen-bond acceptors (Lipinski definition) is 3. The Bertz CT molecular complexity index is 279. The van der Waals surface area contributed by atoms with E-state index in [4.69, 9.17) is 25.8 Å². The highest BCUT2D eigenvalue weighted by Gasteiger charge is 2.32. The topological polar surface area (TPSA) is 27.7 Å². The Labute approximate surface area is 127 Å². The van der Waals surface area contributed by atoms with E-state index in [2.05, 4.69) is 13.0 Å². The van der Waals surface area contributed by atoms with Crippen molar-refractivity contribution < 1.29 is 14.2 Å². The molecule has 3 nitrogen and oxygen atoms in total. The third-order valence-corrected chi connectivity index (χ3v) is 4.44. The van der Waals surface area contributed by atoms with Crippen LogP contribution in [-0.2, 0) is 14.2 Å². The van der Waals surface area contributed by atoms with Crippen LogP contribution in [0, 0.1) is 11.8 Å². The first-order chi connectivity index (χ1) is 9.83. The van der Waals surface area contributed by atoms with Crippen molar-refractivity contribution in [2.45, 2.75) is 57.8 Å². The molecule has 0 aromatic heterocycles. The molecule has 0 bridgehead atoms. The Morgan fingerprint density at radius 3 is 2.45 bits per heavy atom. The summed E-state index contributed by atoms with van der Waals surface area (Å²) in [7, 11) is 0. The minimum absolute atomic E-state index is 0.0260. The molecule has 4 heteroatoms. The Morgan fingerprint density at radius 2 is 1.85 bits per heavy atom. The largest absolute Gasteiger partial charge is 0.373 e. The van der Waals surface area contributed by atoms with Gasteiger partial charge in [-0.15, -0.1) is 0 Å². The standard InChI is InChI=1S/C16H27ClO3/c1-2-3-10-18-15-11-19-16(20-12-15)14-6-4-13(5-7-14)8-9-17/h8-9,13-16H,2-7,10-12H2,1H3. The molecule has 1 heterocycles. The Balaban J connectivity index is 1.64. The predicted molar refractivity (Wildman–Crippen MR) is 80.8 cm³/mol. The zero-order valence-electron chi connectivity index (χ0n) is 12.4. The van der Waals surface area contributed by atoms with E-state index in [1.165, 1.54) is 12.8 Å². The van der Waals surface area contributed by atoms with Gasteiger partial charge in [-0.25, -0.2) is 0 Å². The molecule has 0 atom stereocenters. The van der Waals surface area contributed by atoms with Gasteiger partial charge in [0.1, 0.15) is 6.10 Å². The van der Waals surface area contributed by atoms with Crippen LogP contribution < -0.4 is 0 Å². The quantitative estimate of drug-likeness (QED) is 0.691. The van der Waals surface area contributed by atoms with Gasteiger partial charge in [-0.3, -0.25) is 0 Å². The van der Waals surface area contributed by atoms with Crippen molar-refractivity contribution in [3.05, 3.63) is 11.6 Å². The summed E-state index contributed by atoms with van der Waals surface area (Å²) in [6.07, 6.45) is 9.18. The van der Waals surface area contributed by atoms with Gasteiger partial charge in [0.25, 0.3) is 0 Å². The maximum atomic E-state index is 5.86. The van der Waals surface area contributed by atoms with Gasteiger partial charge in [0.05, 0.1) is 13.2 Å². The lowest BCUT2D eigenvalue weighted by Crippen LogP contribution is -2.42. The fourth-order valence-corrected chi connectivity index (χ4v) is 3.18. The molecular weight excluding hydrogens is 276 g/mol. The third kappa shape index (κ3) is 5.03. The maximum Gasteiger partial charge on any atom is 0.160 e. The van der Waals surface area contributed by atoms with Crippen LogP contribution in [0.5, 0.6) is 0 Å². The summed E-state index contributed by atoms with van der Waals surface area (Å²) < 4.78 is 17.5. The monoisotopic (exact) mass is 302 g/mol. The molecule has 1 aliphatic heterocycles. The lowest BCUT2D eigenvalue weighted by molar-refractivity contribution is -0.249. The van der Waals surface area contributed by atoms with Gasteiger partial charge >= 0.3 is 0 Å². The Morgan fingerprint density at radius 1 is 1.15 bits per heavy atom. The van der Waals surface area contributed by atoms with E-state index >= 15 is 0 Å². The van der Waals surface area contributed by atoms with Crippen molar-refractivity contribution >= 4 is 11.6 Å². The molecule has 1 saturated carbocycles. The minimum Gasteiger partial charge on any atom is -0.373 e. The molecule has 0 aromatic rings. The minimum atomic E-state index is -0.0260. The molecule has 0 amide bonds. The molecule has 2 aliphatic rings. The van der Waals surface area contributed by atoms with Gasteiger partial charge in [-0.2, -0.15) is 0 Å². The van der Waals surface area contributed by atoms with Crippen LogP contribution in [0.3, 0.4) is 0 Å². The van der Waals surface area contributed by atoms with Crippen molar-refractivity contribution in [3.63, 3.8) is 0 Å². The normalized spacial score (nSPS) is 35.5. The van der Waals surface area contributed by atoms with E-state index in [-0.39, 0.29) is 12.4 Å². The van der Waals surface area contributed by atoms with Crippen molar-refractivity contribution in [1.29, 1.82) is 0 Å². The van der Waals surface area contributed by atoms with Gasteiger partial charge in [-0.05, 0) is 38.0 Å². The number of rotatable bonds is 6. The summed E-state index contributed by atoms with van der Waals surface area (Å²) in [4.78, 5) is 0. The highest BCUT2D eigenvalue weighted by Crippen LogP contribution is 2.34. The van der Waals surface area contributed by atoms with E-state index in [1.54, 1.807) is 5.54 Å². The molecule has 0 aromatic carbocycles. The second kappa shape index (κ2) is 9.04. The molecule has 0 spiro atoms. The first-order valence-corrected chi connectivity index (χ1v) is 8.38. The van der Waals surface area contributed by atoms with Gasteiger partial charge in [0.15, 0.2) is 6.29 Å². The molecule has 2 fully saturated rings. The van der Waals surface area contributed by atoms with Crippen molar-refractivity contribution in [3.8, 4) is 0 Å². The average molecular weight is 303 g/mol. The van der Waals surface area contributed by atoms with Crippen LogP contribution in [0.2, 0.25) is 0 Å². The number of ether oxygens (including phenoxy) is 3. The van der Waals surface area contributed by atoms with Crippen molar-refractivity contribution in [2.24, 2.45) is 11.8 Å². The molecule has 2 rings (SSSR count). The zero-order valence-corrected chi connectivity index (χ0v) is 13.2. The molecule has 1 aliphatic carbocycles. The van der Waals surface area contributed by atoms with E-state index in [1.807, 2.05) is 0 Å². The molecular formula is C16H27ClO3. The molecule has 0 radical (unpaired) electrons. The van der Waals surface area contributed by atoms with Crippen LogP contribution in [0.1, 0.15) is 45.4 Å². The summed E-state index contributed by atoms with van der Waals surface area (Å²) in [6.45, 7) is 4.34. The van der Waals surface area contributed by atoms with Crippen LogP contribution in [0.4, 0.5) is 0 Å². The van der Waals surface area contributed by atoms with Crippen LogP contribution in [0.15, 0.2) is 11.6 Å². The summed E-state index contributed by atoms with van der Waals surface area (Å²) in [5.74, 6) is 1.17. The molecule has 116 valence electrons. The van der Waals surface area contributed by atoms with Gasteiger partial charge in [0.2, 0.25) is 0 Å². The Hall–Kier alpha value is -0.0900. The van der Waals surface area contributed by atoms with E-state index < -0.39 is 0 Å². The van der Waals surface area contributed by atoms with Crippen molar-refractivity contribution in [1.82, 2.24) is 0 Å². The maximum absolute atomic E-state index is 5.86. The van der Waals surface area contributed by atoms with Crippen LogP contribution >= 0.6 is 11.6 Å². The lowest BCUT2D eigenvalue weighted by Gasteiger charge is -2.37. The summed E-state index contributed by atoms with van der Waals surface area (Å²) in [5, 5.41) is 0. The van der Waals surface area contributed by atoms with Crippen molar-refractivity contribution in [2.75, 3.05) is 19.8 Å². The average Bonchev–Trinajstić information content (AvgIpc) is 2.49. The second-order valence-electron chi connectivity index (χ2n) is 5.87. The molecule has 20 heavy (non-hydrogen) atoms. The number of unbranched alkanes of at least 4 members (excludes halogenated alkanes) is 1. The van der Waals surface area contributed by atoms with E-state index in [0.717, 1.165) is 32.3 Å². The van der Waals surface area contributed by atoms with Crippen LogP contribution in [0.25, 0.3) is 0 Å². The zero-order chi connectivity index (χ0) is 14.2. The highest BCUT2D eigenvalue weighted by atomic mass is 35.5. The smallest absolute Gasteiger partial charge is 0.160 e. The van der Waals surface area contributed by atoms with Crippen LogP contribution in [-0.4, -0.2) is 32.2 Å². The van der Waals surface area contributed by atoms with Gasteiger partial charge in [-0.1, -0.05) is 31.0 Å². The molecule has 0 N–H and O–H groups in total. The van der Waals surface area contributed by atoms with Gasteiger partial charge in [0, 0.05) is 18.1 Å². The summed E-state index contributed by atoms with van der Waals surface area (Å²) >= 11 is 5.64. The Kier molecular flexibility index (Phi) is 7.36. The molecule has 1 saturated heterocycles. The summed E-state index contributed by atoms with van der Waals surface area (Å²) in [5.41, 5.74) is 1.65. The second-order valence-corrected chi connectivity index (χ2v) is 6.13. The summed E-state index contributed by atoms with van der Waals surface area (Å²) in [6, 6.07) is 0. The number of halogens is 1. The number of hydrogen-bond donors (Lipinski definition) is 0.